The van der Waals surface area contributed by atoms with Crippen LogP contribution in [0.25, 0.3) is 0 Å². The zero-order chi connectivity index (χ0) is 13.5. The lowest BCUT2D eigenvalue weighted by Crippen LogP contribution is -2.04. The van der Waals surface area contributed by atoms with Crippen LogP contribution in [0.2, 0.25) is 0 Å². The van der Waals surface area contributed by atoms with Crippen LogP contribution in [0.3, 0.4) is 0 Å². The van der Waals surface area contributed by atoms with E-state index in [0.29, 0.717) is 5.56 Å². The van der Waals surface area contributed by atoms with Crippen molar-refractivity contribution in [2.24, 2.45) is 0 Å². The highest BCUT2D eigenvalue weighted by Crippen LogP contribution is 2.30. The predicted octanol–water partition coefficient (Wildman–Crippen LogP) is 4.22. The van der Waals surface area contributed by atoms with Gasteiger partial charge in [0.05, 0.1) is 10.6 Å². The minimum absolute atomic E-state index is 0.156. The Morgan fingerprint density at radius 1 is 1.50 bits per heavy atom. The van der Waals surface area contributed by atoms with Crippen molar-refractivity contribution in [2.45, 2.75) is 20.3 Å². The molecule has 0 fully saturated rings. The van der Waals surface area contributed by atoms with Crippen molar-refractivity contribution in [3.05, 3.63) is 32.3 Å². The molecule has 1 rings (SSSR count). The largest absolute Gasteiger partial charge is 0.384 e. The van der Waals surface area contributed by atoms with Crippen LogP contribution < -0.4 is 5.32 Å². The first kappa shape index (κ1) is 15.3. The summed E-state index contributed by atoms with van der Waals surface area (Å²) >= 11 is 5.32. The number of nitro groups is 1. The van der Waals surface area contributed by atoms with Gasteiger partial charge < -0.3 is 5.32 Å². The molecule has 0 aliphatic heterocycles. The highest BCUT2D eigenvalue weighted by molar-refractivity contribution is 9.10. The Balaban J connectivity index is 2.65. The first-order valence-corrected chi connectivity index (χ1v) is 7.77. The van der Waals surface area contributed by atoms with Crippen molar-refractivity contribution < 1.29 is 4.92 Å². The van der Waals surface area contributed by atoms with Crippen molar-refractivity contribution in [1.29, 1.82) is 0 Å². The van der Waals surface area contributed by atoms with Gasteiger partial charge in [0.15, 0.2) is 0 Å². The van der Waals surface area contributed by atoms with Crippen molar-refractivity contribution in [3.63, 3.8) is 0 Å². The van der Waals surface area contributed by atoms with E-state index in [1.807, 2.05) is 11.8 Å². The van der Waals surface area contributed by atoms with E-state index in [-0.39, 0.29) is 10.6 Å². The molecule has 0 saturated heterocycles. The zero-order valence-corrected chi connectivity index (χ0v) is 12.9. The molecule has 0 saturated carbocycles. The van der Waals surface area contributed by atoms with Gasteiger partial charge in [0.25, 0.3) is 5.69 Å². The molecule has 0 amide bonds. The first-order valence-electron chi connectivity index (χ1n) is 5.82. The maximum Gasteiger partial charge on any atom is 0.274 e. The second-order valence-corrected chi connectivity index (χ2v) is 6.10. The van der Waals surface area contributed by atoms with Gasteiger partial charge in [0.1, 0.15) is 0 Å². The number of nitro benzene ring substituents is 1. The summed E-state index contributed by atoms with van der Waals surface area (Å²) in [4.78, 5) is 10.5. The molecule has 0 bridgehead atoms. The molecule has 1 aromatic rings. The monoisotopic (exact) mass is 332 g/mol. The standard InChI is InChI=1S/C12H17BrN2O2S/c1-3-18-6-4-5-14-11-8-12(15(16)17)9(2)7-10(11)13/h7-8,14H,3-6H2,1-2H3. The zero-order valence-electron chi connectivity index (χ0n) is 10.5. The van der Waals surface area contributed by atoms with E-state index in [2.05, 4.69) is 28.2 Å². The minimum Gasteiger partial charge on any atom is -0.384 e. The number of anilines is 1. The fourth-order valence-electron chi connectivity index (χ4n) is 1.54. The summed E-state index contributed by atoms with van der Waals surface area (Å²) in [5, 5.41) is 14.1. The molecule has 0 aliphatic rings. The van der Waals surface area contributed by atoms with Crippen molar-refractivity contribution >= 4 is 39.1 Å². The molecule has 0 spiro atoms. The number of nitrogens with one attached hydrogen (secondary N) is 1. The maximum atomic E-state index is 10.9. The summed E-state index contributed by atoms with van der Waals surface area (Å²) in [6.07, 6.45) is 1.05. The SMILES string of the molecule is CCSCCCNc1cc([N+](=O)[O-])c(C)cc1Br. The molecular weight excluding hydrogens is 316 g/mol. The van der Waals surface area contributed by atoms with Gasteiger partial charge in [-0.1, -0.05) is 6.92 Å². The number of aryl methyl sites for hydroxylation is 1. The quantitative estimate of drug-likeness (QED) is 0.461. The van der Waals surface area contributed by atoms with E-state index >= 15 is 0 Å². The molecule has 4 nitrogen and oxygen atoms in total. The Morgan fingerprint density at radius 3 is 2.83 bits per heavy atom. The lowest BCUT2D eigenvalue weighted by atomic mass is 10.2. The molecule has 0 heterocycles. The average molecular weight is 333 g/mol. The van der Waals surface area contributed by atoms with Crippen LogP contribution in [0, 0.1) is 17.0 Å². The molecule has 6 heteroatoms. The maximum absolute atomic E-state index is 10.9. The highest BCUT2D eigenvalue weighted by Gasteiger charge is 2.13. The lowest BCUT2D eigenvalue weighted by Gasteiger charge is -2.09. The van der Waals surface area contributed by atoms with Crippen LogP contribution in [-0.4, -0.2) is 23.0 Å². The molecule has 100 valence electrons. The van der Waals surface area contributed by atoms with Gasteiger partial charge >= 0.3 is 0 Å². The van der Waals surface area contributed by atoms with Gasteiger partial charge in [-0.25, -0.2) is 0 Å². The van der Waals surface area contributed by atoms with Crippen LogP contribution in [0.5, 0.6) is 0 Å². The van der Waals surface area contributed by atoms with Crippen LogP contribution in [0.1, 0.15) is 18.9 Å². The Hall–Kier alpha value is -0.750. The van der Waals surface area contributed by atoms with Crippen molar-refractivity contribution in [3.8, 4) is 0 Å². The third-order valence-electron chi connectivity index (χ3n) is 2.47. The van der Waals surface area contributed by atoms with E-state index in [0.717, 1.165) is 34.6 Å². The van der Waals surface area contributed by atoms with Gasteiger partial charge in [-0.2, -0.15) is 11.8 Å². The number of rotatable bonds is 7. The molecule has 0 atom stereocenters. The molecule has 0 unspecified atom stereocenters. The summed E-state index contributed by atoms with van der Waals surface area (Å²) in [7, 11) is 0. The minimum atomic E-state index is -0.347. The Kier molecular flexibility index (Phi) is 6.49. The van der Waals surface area contributed by atoms with Gasteiger partial charge in [0.2, 0.25) is 0 Å². The Labute approximate surface area is 120 Å². The number of benzene rings is 1. The first-order chi connectivity index (χ1) is 8.56. The predicted molar refractivity (Wildman–Crippen MR) is 81.6 cm³/mol. The van der Waals surface area contributed by atoms with Gasteiger partial charge in [-0.15, -0.1) is 0 Å². The number of hydrogen-bond acceptors (Lipinski definition) is 4. The highest BCUT2D eigenvalue weighted by atomic mass is 79.9. The third kappa shape index (κ3) is 4.49. The fraction of sp³-hybridized carbons (Fsp3) is 0.500. The molecule has 0 aliphatic carbocycles. The normalized spacial score (nSPS) is 10.4. The second kappa shape index (κ2) is 7.63. The third-order valence-corrected chi connectivity index (χ3v) is 4.11. The molecule has 0 aromatic heterocycles. The van der Waals surface area contributed by atoms with E-state index in [1.165, 1.54) is 0 Å². The van der Waals surface area contributed by atoms with Crippen LogP contribution in [0.4, 0.5) is 11.4 Å². The fourth-order valence-corrected chi connectivity index (χ4v) is 2.77. The number of nitrogens with zero attached hydrogens (tertiary/aromatic N) is 1. The number of halogens is 1. The summed E-state index contributed by atoms with van der Waals surface area (Å²) in [5.74, 6) is 2.23. The van der Waals surface area contributed by atoms with Crippen molar-refractivity contribution in [1.82, 2.24) is 0 Å². The van der Waals surface area contributed by atoms with Crippen LogP contribution >= 0.6 is 27.7 Å². The van der Waals surface area contributed by atoms with E-state index in [9.17, 15) is 10.1 Å². The lowest BCUT2D eigenvalue weighted by molar-refractivity contribution is -0.385. The summed E-state index contributed by atoms with van der Waals surface area (Å²) in [6, 6.07) is 3.37. The summed E-state index contributed by atoms with van der Waals surface area (Å²) in [6.45, 7) is 4.70. The topological polar surface area (TPSA) is 55.2 Å². The summed E-state index contributed by atoms with van der Waals surface area (Å²) in [5.41, 5.74) is 1.61. The average Bonchev–Trinajstić information content (AvgIpc) is 2.30. The smallest absolute Gasteiger partial charge is 0.274 e. The van der Waals surface area contributed by atoms with Gasteiger partial charge in [0, 0.05) is 22.6 Å². The second-order valence-electron chi connectivity index (χ2n) is 3.85. The molecule has 1 N–H and O–H groups in total. The number of thioether (sulfide) groups is 1. The molecule has 1 aromatic carbocycles. The van der Waals surface area contributed by atoms with Gasteiger partial charge in [-0.05, 0) is 46.8 Å². The van der Waals surface area contributed by atoms with Gasteiger partial charge in [-0.3, -0.25) is 10.1 Å². The van der Waals surface area contributed by atoms with Crippen LogP contribution in [0.15, 0.2) is 16.6 Å². The molecular formula is C12H17BrN2O2S. The Morgan fingerprint density at radius 2 is 2.22 bits per heavy atom. The van der Waals surface area contributed by atoms with Crippen molar-refractivity contribution in [2.75, 3.05) is 23.4 Å². The molecule has 0 radical (unpaired) electrons. The molecule has 18 heavy (non-hydrogen) atoms. The van der Waals surface area contributed by atoms with E-state index in [1.54, 1.807) is 19.1 Å². The van der Waals surface area contributed by atoms with E-state index in [4.69, 9.17) is 0 Å². The van der Waals surface area contributed by atoms with Crippen LogP contribution in [-0.2, 0) is 0 Å². The Bertz CT molecular complexity index is 427. The number of hydrogen-bond donors (Lipinski definition) is 1. The summed E-state index contributed by atoms with van der Waals surface area (Å²) < 4.78 is 0.869. The van der Waals surface area contributed by atoms with E-state index < -0.39 is 0 Å².